The summed E-state index contributed by atoms with van der Waals surface area (Å²) in [5.41, 5.74) is 0.524. The summed E-state index contributed by atoms with van der Waals surface area (Å²) in [6, 6.07) is 7.53. The molecule has 0 aliphatic heterocycles. The summed E-state index contributed by atoms with van der Waals surface area (Å²) >= 11 is 4.71. The van der Waals surface area contributed by atoms with Crippen LogP contribution in [0.25, 0.3) is 10.9 Å². The zero-order valence-electron chi connectivity index (χ0n) is 8.31. The van der Waals surface area contributed by atoms with Crippen molar-refractivity contribution in [2.24, 2.45) is 0 Å². The van der Waals surface area contributed by atoms with Gasteiger partial charge in [0.05, 0.1) is 5.52 Å². The van der Waals surface area contributed by atoms with E-state index in [1.165, 1.54) is 0 Å². The topological polar surface area (TPSA) is 62.8 Å². The van der Waals surface area contributed by atoms with E-state index in [9.17, 15) is 9.59 Å². The predicted molar refractivity (Wildman–Crippen MR) is 63.4 cm³/mol. The highest BCUT2D eigenvalue weighted by Gasteiger charge is 1.90. The lowest BCUT2D eigenvalue weighted by Gasteiger charge is -1.92. The molecule has 2 rings (SSSR count). The van der Waals surface area contributed by atoms with Crippen LogP contribution < -0.4 is 5.69 Å². The van der Waals surface area contributed by atoms with Gasteiger partial charge in [-0.05, 0) is 23.7 Å². The molecule has 16 heavy (non-hydrogen) atoms. The third kappa shape index (κ3) is 3.67. The van der Waals surface area contributed by atoms with E-state index in [4.69, 9.17) is 11.6 Å². The van der Waals surface area contributed by atoms with Gasteiger partial charge >= 0.3 is 5.69 Å². The molecule has 0 radical (unpaired) electrons. The molecule has 0 spiro atoms. The molecule has 2 aromatic rings. The molecule has 5 heteroatoms. The molecule has 82 valence electrons. The Morgan fingerprint density at radius 3 is 2.69 bits per heavy atom. The van der Waals surface area contributed by atoms with E-state index in [1.807, 2.05) is 24.3 Å². The second-order valence-corrected chi connectivity index (χ2v) is 3.16. The standard InChI is InChI=1S/C8H6N2O.C3H3ClO/c11-8-9-5-6-3-1-2-4-7(6)10-8;1-2-3(4)5/h1-5H,(H,9,10,11);2H,1H2. The molecule has 1 N–H and O–H groups in total. The Labute approximate surface area is 96.6 Å². The highest BCUT2D eigenvalue weighted by atomic mass is 35.5. The molecule has 0 bridgehead atoms. The van der Waals surface area contributed by atoms with Crippen molar-refractivity contribution in [3.63, 3.8) is 0 Å². The van der Waals surface area contributed by atoms with Gasteiger partial charge in [-0.25, -0.2) is 9.78 Å². The monoisotopic (exact) mass is 236 g/mol. The number of carbonyl (C=O) groups is 1. The van der Waals surface area contributed by atoms with Crippen molar-refractivity contribution in [1.82, 2.24) is 9.97 Å². The molecule has 0 aliphatic rings. The molecule has 1 aromatic carbocycles. The lowest BCUT2D eigenvalue weighted by molar-refractivity contribution is -0.107. The predicted octanol–water partition coefficient (Wildman–Crippen LogP) is 1.86. The average Bonchev–Trinajstić information content (AvgIpc) is 2.29. The fourth-order valence-electron chi connectivity index (χ4n) is 0.999. The smallest absolute Gasteiger partial charge is 0.305 e. The third-order valence-electron chi connectivity index (χ3n) is 1.68. The lowest BCUT2D eigenvalue weighted by Crippen LogP contribution is -2.07. The van der Waals surface area contributed by atoms with Gasteiger partial charge in [0, 0.05) is 11.6 Å². The number of rotatable bonds is 1. The van der Waals surface area contributed by atoms with E-state index >= 15 is 0 Å². The molecular weight excluding hydrogens is 228 g/mol. The van der Waals surface area contributed by atoms with E-state index in [-0.39, 0.29) is 5.69 Å². The number of fused-ring (bicyclic) bond motifs is 1. The highest BCUT2D eigenvalue weighted by molar-refractivity contribution is 6.66. The van der Waals surface area contributed by atoms with Gasteiger partial charge in [0.15, 0.2) is 0 Å². The molecule has 0 saturated carbocycles. The molecule has 0 fully saturated rings. The van der Waals surface area contributed by atoms with Crippen LogP contribution >= 0.6 is 11.6 Å². The van der Waals surface area contributed by atoms with Gasteiger partial charge in [0.25, 0.3) is 0 Å². The van der Waals surface area contributed by atoms with Crippen LogP contribution in [0.1, 0.15) is 0 Å². The number of carbonyl (C=O) groups excluding carboxylic acids is 1. The van der Waals surface area contributed by atoms with E-state index in [1.54, 1.807) is 6.20 Å². The van der Waals surface area contributed by atoms with Crippen molar-refractivity contribution in [1.29, 1.82) is 0 Å². The maximum absolute atomic E-state index is 10.7. The summed E-state index contributed by atoms with van der Waals surface area (Å²) in [5, 5.41) is 0.442. The van der Waals surface area contributed by atoms with Crippen LogP contribution in [0.3, 0.4) is 0 Å². The highest BCUT2D eigenvalue weighted by Crippen LogP contribution is 2.05. The first-order valence-electron chi connectivity index (χ1n) is 4.39. The van der Waals surface area contributed by atoms with Crippen molar-refractivity contribution in [3.05, 3.63) is 53.6 Å². The summed E-state index contributed by atoms with van der Waals surface area (Å²) < 4.78 is 0. The molecule has 1 aromatic heterocycles. The molecular formula is C11H9ClN2O2. The summed E-state index contributed by atoms with van der Waals surface area (Å²) in [5.74, 6) is 0. The Bertz CT molecular complexity index is 563. The van der Waals surface area contributed by atoms with Crippen LogP contribution in [0, 0.1) is 0 Å². The van der Waals surface area contributed by atoms with Crippen LogP contribution in [0.15, 0.2) is 47.9 Å². The minimum atomic E-state index is -0.509. The zero-order valence-corrected chi connectivity index (χ0v) is 9.07. The van der Waals surface area contributed by atoms with E-state index < -0.39 is 5.24 Å². The Kier molecular flexibility index (Phi) is 4.42. The molecule has 0 amide bonds. The molecule has 0 saturated heterocycles. The van der Waals surface area contributed by atoms with Crippen LogP contribution in [0.2, 0.25) is 0 Å². The average molecular weight is 237 g/mol. The molecule has 4 nitrogen and oxygen atoms in total. The molecule has 1 heterocycles. The van der Waals surface area contributed by atoms with Crippen LogP contribution in [-0.4, -0.2) is 15.2 Å². The summed E-state index contributed by atoms with van der Waals surface area (Å²) in [7, 11) is 0. The second kappa shape index (κ2) is 5.82. The van der Waals surface area contributed by atoms with E-state index in [0.717, 1.165) is 17.0 Å². The van der Waals surface area contributed by atoms with E-state index in [0.29, 0.717) is 0 Å². The number of halogens is 1. The maximum atomic E-state index is 10.7. The maximum Gasteiger partial charge on any atom is 0.345 e. The van der Waals surface area contributed by atoms with Crippen molar-refractivity contribution < 1.29 is 4.79 Å². The number of nitrogens with one attached hydrogen (secondary N) is 1. The fraction of sp³-hybridized carbons (Fsp3) is 0. The Morgan fingerprint density at radius 1 is 1.44 bits per heavy atom. The number of aromatic amines is 1. The normalized spacial score (nSPS) is 9.06. The molecule has 0 atom stereocenters. The van der Waals surface area contributed by atoms with Gasteiger partial charge in [0.2, 0.25) is 5.24 Å². The number of H-pyrrole nitrogens is 1. The zero-order chi connectivity index (χ0) is 12.0. The van der Waals surface area contributed by atoms with E-state index in [2.05, 4.69) is 16.5 Å². The minimum absolute atomic E-state index is 0.302. The largest absolute Gasteiger partial charge is 0.345 e. The van der Waals surface area contributed by atoms with Crippen molar-refractivity contribution in [2.45, 2.75) is 0 Å². The Balaban J connectivity index is 0.000000221. The van der Waals surface area contributed by atoms with Gasteiger partial charge in [-0.3, -0.25) is 4.79 Å². The number of benzene rings is 1. The van der Waals surface area contributed by atoms with Crippen LogP contribution in [-0.2, 0) is 4.79 Å². The van der Waals surface area contributed by atoms with Crippen molar-refractivity contribution in [2.75, 3.05) is 0 Å². The number of hydrogen-bond donors (Lipinski definition) is 1. The fourth-order valence-corrected chi connectivity index (χ4v) is 0.999. The van der Waals surface area contributed by atoms with Gasteiger partial charge < -0.3 is 4.98 Å². The Hall–Kier alpha value is -1.94. The second-order valence-electron chi connectivity index (χ2n) is 2.78. The van der Waals surface area contributed by atoms with Crippen LogP contribution in [0.5, 0.6) is 0 Å². The molecule has 0 aliphatic carbocycles. The summed E-state index contributed by atoms with van der Waals surface area (Å²) in [4.78, 5) is 26.4. The van der Waals surface area contributed by atoms with Gasteiger partial charge in [-0.2, -0.15) is 0 Å². The Morgan fingerprint density at radius 2 is 2.06 bits per heavy atom. The number of hydrogen-bond acceptors (Lipinski definition) is 3. The number of aromatic nitrogens is 2. The van der Waals surface area contributed by atoms with Gasteiger partial charge in [0.1, 0.15) is 0 Å². The lowest BCUT2D eigenvalue weighted by atomic mass is 10.2. The summed E-state index contributed by atoms with van der Waals surface area (Å²) in [6.07, 6.45) is 2.61. The third-order valence-corrected chi connectivity index (χ3v) is 1.84. The van der Waals surface area contributed by atoms with Crippen LogP contribution in [0.4, 0.5) is 0 Å². The quantitative estimate of drug-likeness (QED) is 0.607. The number of nitrogens with zero attached hydrogens (tertiary/aromatic N) is 1. The first-order chi connectivity index (χ1) is 7.63. The van der Waals surface area contributed by atoms with Gasteiger partial charge in [-0.1, -0.05) is 24.8 Å². The number of allylic oxidation sites excluding steroid dienone is 1. The molecule has 0 unspecified atom stereocenters. The SMILES string of the molecule is C=CC(=O)Cl.O=c1ncc2ccccc2[nH]1. The van der Waals surface area contributed by atoms with Crippen molar-refractivity contribution in [3.8, 4) is 0 Å². The summed E-state index contributed by atoms with van der Waals surface area (Å²) in [6.45, 7) is 3.08. The number of para-hydroxylation sites is 1. The van der Waals surface area contributed by atoms with Gasteiger partial charge in [-0.15, -0.1) is 0 Å². The first-order valence-corrected chi connectivity index (χ1v) is 4.77. The van der Waals surface area contributed by atoms with Crippen molar-refractivity contribution >= 4 is 27.7 Å². The minimum Gasteiger partial charge on any atom is -0.305 e. The first kappa shape index (κ1) is 12.1.